The Morgan fingerprint density at radius 3 is 2.46 bits per heavy atom. The fourth-order valence-electron chi connectivity index (χ4n) is 2.63. The molecule has 0 spiro atoms. The Morgan fingerprint density at radius 1 is 1.29 bits per heavy atom. The van der Waals surface area contributed by atoms with Crippen molar-refractivity contribution in [2.45, 2.75) is 24.3 Å². The van der Waals surface area contributed by atoms with Crippen molar-refractivity contribution in [2.75, 3.05) is 26.3 Å². The van der Waals surface area contributed by atoms with Crippen LogP contribution in [0.4, 0.5) is 4.39 Å². The number of halogens is 1. The van der Waals surface area contributed by atoms with Crippen molar-refractivity contribution < 1.29 is 27.5 Å². The Morgan fingerprint density at radius 2 is 1.92 bits per heavy atom. The van der Waals surface area contributed by atoms with Crippen LogP contribution in [0.3, 0.4) is 0 Å². The molecule has 0 radical (unpaired) electrons. The molecule has 1 atom stereocenters. The highest BCUT2D eigenvalue weighted by molar-refractivity contribution is 7.89. The second-order valence-corrected chi connectivity index (χ2v) is 7.45. The molecule has 0 bridgehead atoms. The lowest BCUT2D eigenvalue weighted by molar-refractivity contribution is -0.146. The molecule has 24 heavy (non-hydrogen) atoms. The van der Waals surface area contributed by atoms with Crippen LogP contribution in [0.2, 0.25) is 0 Å². The largest absolute Gasteiger partial charge is 0.481 e. The maximum atomic E-state index is 12.8. The topological polar surface area (TPSA) is 95.0 Å². The van der Waals surface area contributed by atoms with Crippen molar-refractivity contribution in [3.05, 3.63) is 29.8 Å². The van der Waals surface area contributed by atoms with Crippen molar-refractivity contribution in [3.8, 4) is 0 Å². The van der Waals surface area contributed by atoms with Crippen LogP contribution in [-0.4, -0.2) is 67.0 Å². The van der Waals surface area contributed by atoms with Gasteiger partial charge in [-0.05, 0) is 19.1 Å². The van der Waals surface area contributed by atoms with Gasteiger partial charge in [-0.25, -0.2) is 12.8 Å². The summed E-state index contributed by atoms with van der Waals surface area (Å²) >= 11 is 0. The van der Waals surface area contributed by atoms with Gasteiger partial charge in [0.15, 0.2) is 0 Å². The van der Waals surface area contributed by atoms with Gasteiger partial charge in [-0.2, -0.15) is 4.31 Å². The number of alkyl halides is 1. The number of amides is 1. The van der Waals surface area contributed by atoms with E-state index in [1.54, 1.807) is 12.1 Å². The Labute approximate surface area is 139 Å². The number of aliphatic carboxylic acids is 1. The van der Waals surface area contributed by atoms with Crippen molar-refractivity contribution in [3.63, 3.8) is 0 Å². The summed E-state index contributed by atoms with van der Waals surface area (Å²) in [6, 6.07) is 4.72. The Balaban J connectivity index is 2.37. The first-order chi connectivity index (χ1) is 11.3. The summed E-state index contributed by atoms with van der Waals surface area (Å²) in [5.74, 6) is -1.98. The van der Waals surface area contributed by atoms with Gasteiger partial charge in [-0.1, -0.05) is 17.7 Å². The third-order valence-corrected chi connectivity index (χ3v) is 5.81. The molecule has 132 valence electrons. The molecule has 1 fully saturated rings. The van der Waals surface area contributed by atoms with E-state index in [0.29, 0.717) is 0 Å². The Bertz CT molecular complexity index is 720. The summed E-state index contributed by atoms with van der Waals surface area (Å²) in [4.78, 5) is 24.6. The zero-order valence-electron chi connectivity index (χ0n) is 13.2. The van der Waals surface area contributed by atoms with E-state index < -0.39 is 41.0 Å². The molecule has 9 heteroatoms. The van der Waals surface area contributed by atoms with Crippen LogP contribution < -0.4 is 0 Å². The monoisotopic (exact) mass is 358 g/mol. The standard InChI is InChI=1S/C15H19FN2O5S/c1-11-2-4-12(5-3-11)24(22,23)18-9-8-17(7-6-16)15(21)13(18)10-14(19)20/h2-5,13H,6-10H2,1H3,(H,19,20). The van der Waals surface area contributed by atoms with Crippen LogP contribution in [0, 0.1) is 6.92 Å². The van der Waals surface area contributed by atoms with Crippen LogP contribution in [0.1, 0.15) is 12.0 Å². The van der Waals surface area contributed by atoms with Crippen LogP contribution in [0.25, 0.3) is 0 Å². The normalized spacial score (nSPS) is 19.5. The first kappa shape index (κ1) is 18.3. The van der Waals surface area contributed by atoms with E-state index in [9.17, 15) is 22.4 Å². The molecule has 1 N–H and O–H groups in total. The third kappa shape index (κ3) is 3.73. The molecule has 1 saturated heterocycles. The first-order valence-corrected chi connectivity index (χ1v) is 8.86. The van der Waals surface area contributed by atoms with Gasteiger partial charge >= 0.3 is 5.97 Å². The molecular weight excluding hydrogens is 339 g/mol. The SMILES string of the molecule is Cc1ccc(S(=O)(=O)N2CCN(CCF)C(=O)C2CC(=O)O)cc1. The number of nitrogens with zero attached hydrogens (tertiary/aromatic N) is 2. The number of carboxylic acids is 1. The molecule has 0 saturated carbocycles. The molecule has 0 aliphatic carbocycles. The lowest BCUT2D eigenvalue weighted by Gasteiger charge is -2.38. The van der Waals surface area contributed by atoms with E-state index in [-0.39, 0.29) is 24.5 Å². The van der Waals surface area contributed by atoms with Gasteiger partial charge in [0, 0.05) is 19.6 Å². The fourth-order valence-corrected chi connectivity index (χ4v) is 4.20. The highest BCUT2D eigenvalue weighted by Gasteiger charge is 2.42. The number of carbonyl (C=O) groups is 2. The van der Waals surface area contributed by atoms with E-state index in [2.05, 4.69) is 0 Å². The average molecular weight is 358 g/mol. The quantitative estimate of drug-likeness (QED) is 0.805. The highest BCUT2D eigenvalue weighted by atomic mass is 32.2. The first-order valence-electron chi connectivity index (χ1n) is 7.42. The lowest BCUT2D eigenvalue weighted by atomic mass is 10.1. The minimum atomic E-state index is -4.02. The molecule has 7 nitrogen and oxygen atoms in total. The second-order valence-electron chi connectivity index (χ2n) is 5.56. The minimum Gasteiger partial charge on any atom is -0.481 e. The molecule has 0 aromatic heterocycles. The number of carboxylic acid groups (broad SMARTS) is 1. The molecular formula is C15H19FN2O5S. The number of rotatable bonds is 6. The number of carbonyl (C=O) groups excluding carboxylic acids is 1. The summed E-state index contributed by atoms with van der Waals surface area (Å²) in [5.41, 5.74) is 0.875. The van der Waals surface area contributed by atoms with Gasteiger partial charge in [-0.15, -0.1) is 0 Å². The number of hydrogen-bond donors (Lipinski definition) is 1. The van der Waals surface area contributed by atoms with Crippen molar-refractivity contribution >= 4 is 21.9 Å². The van der Waals surface area contributed by atoms with E-state index in [1.807, 2.05) is 6.92 Å². The number of piperazine rings is 1. The maximum absolute atomic E-state index is 12.8. The molecule has 1 aromatic rings. The van der Waals surface area contributed by atoms with Gasteiger partial charge in [-0.3, -0.25) is 9.59 Å². The van der Waals surface area contributed by atoms with Gasteiger partial charge in [0.1, 0.15) is 12.7 Å². The van der Waals surface area contributed by atoms with Gasteiger partial charge in [0.05, 0.1) is 11.3 Å². The smallest absolute Gasteiger partial charge is 0.305 e. The zero-order chi connectivity index (χ0) is 17.9. The predicted molar refractivity (Wildman–Crippen MR) is 83.7 cm³/mol. The molecule has 1 aliphatic heterocycles. The van der Waals surface area contributed by atoms with Crippen molar-refractivity contribution in [1.82, 2.24) is 9.21 Å². The van der Waals surface area contributed by atoms with Crippen LogP contribution in [0.5, 0.6) is 0 Å². The van der Waals surface area contributed by atoms with Crippen molar-refractivity contribution in [1.29, 1.82) is 0 Å². The predicted octanol–water partition coefficient (Wildman–Crippen LogP) is 0.641. The second kappa shape index (κ2) is 7.27. The van der Waals surface area contributed by atoms with Crippen molar-refractivity contribution in [2.24, 2.45) is 0 Å². The van der Waals surface area contributed by atoms with E-state index in [4.69, 9.17) is 5.11 Å². The minimum absolute atomic E-state index is 0.00442. The highest BCUT2D eigenvalue weighted by Crippen LogP contribution is 2.24. The van der Waals surface area contributed by atoms with Gasteiger partial charge in [0.2, 0.25) is 15.9 Å². The van der Waals surface area contributed by atoms with Gasteiger partial charge in [0.25, 0.3) is 0 Å². The van der Waals surface area contributed by atoms with E-state index in [0.717, 1.165) is 14.8 Å². The number of aryl methyl sites for hydroxylation is 1. The zero-order valence-corrected chi connectivity index (χ0v) is 14.0. The molecule has 1 aromatic carbocycles. The van der Waals surface area contributed by atoms with Crippen LogP contribution in [-0.2, 0) is 19.6 Å². The summed E-state index contributed by atoms with van der Waals surface area (Å²) in [6.45, 7) is 0.830. The Hall–Kier alpha value is -2.00. The number of hydrogen-bond acceptors (Lipinski definition) is 4. The summed E-state index contributed by atoms with van der Waals surface area (Å²) < 4.78 is 39.0. The average Bonchev–Trinajstić information content (AvgIpc) is 2.51. The fraction of sp³-hybridized carbons (Fsp3) is 0.467. The maximum Gasteiger partial charge on any atom is 0.305 e. The van der Waals surface area contributed by atoms with Crippen LogP contribution in [0.15, 0.2) is 29.2 Å². The van der Waals surface area contributed by atoms with Gasteiger partial charge < -0.3 is 10.0 Å². The Kier molecular flexibility index (Phi) is 5.55. The lowest BCUT2D eigenvalue weighted by Crippen LogP contribution is -2.59. The summed E-state index contributed by atoms with van der Waals surface area (Å²) in [7, 11) is -4.02. The summed E-state index contributed by atoms with van der Waals surface area (Å²) in [6.07, 6.45) is -0.660. The number of benzene rings is 1. The molecule has 1 amide bonds. The number of sulfonamides is 1. The molecule has 2 rings (SSSR count). The van der Waals surface area contributed by atoms with E-state index >= 15 is 0 Å². The van der Waals surface area contributed by atoms with Crippen LogP contribution >= 0.6 is 0 Å². The third-order valence-electron chi connectivity index (χ3n) is 3.88. The molecule has 1 aliphatic rings. The molecule has 1 heterocycles. The van der Waals surface area contributed by atoms with E-state index in [1.165, 1.54) is 12.1 Å². The summed E-state index contributed by atoms with van der Waals surface area (Å²) in [5, 5.41) is 9.02. The molecule has 1 unspecified atom stereocenters.